The van der Waals surface area contributed by atoms with Crippen molar-refractivity contribution in [2.75, 3.05) is 5.32 Å². The highest BCUT2D eigenvalue weighted by Crippen LogP contribution is 2.31. The zero-order chi connectivity index (χ0) is 20.2. The maximum Gasteiger partial charge on any atom is 0.426 e. The van der Waals surface area contributed by atoms with E-state index in [1.807, 2.05) is 5.32 Å². The molecule has 0 unspecified atom stereocenters. The van der Waals surface area contributed by atoms with Crippen molar-refractivity contribution in [1.82, 2.24) is 5.32 Å². The largest absolute Gasteiger partial charge is 0.426 e. The Morgan fingerprint density at radius 3 is 2.37 bits per heavy atom. The van der Waals surface area contributed by atoms with Gasteiger partial charge >= 0.3 is 12.2 Å². The quantitative estimate of drug-likeness (QED) is 0.636. The van der Waals surface area contributed by atoms with Crippen LogP contribution in [0.5, 0.6) is 0 Å². The third-order valence-corrected chi connectivity index (χ3v) is 3.81. The fourth-order valence-electron chi connectivity index (χ4n) is 1.93. The van der Waals surface area contributed by atoms with Crippen molar-refractivity contribution in [3.63, 3.8) is 0 Å². The standard InChI is InChI=1S/C17H10Cl2F4N2O2/c18-12-4-2-1-3-11(12)15(26)25-16(27)24-10-5-6-13(20)9(7-10)8-14(19)17(21,22)23/h1-8H,(H2,24,25,26,27)/b14-8-. The topological polar surface area (TPSA) is 58.2 Å². The monoisotopic (exact) mass is 420 g/mol. The number of imide groups is 1. The second-order valence-corrected chi connectivity index (χ2v) is 5.93. The predicted molar refractivity (Wildman–Crippen MR) is 94.2 cm³/mol. The zero-order valence-corrected chi connectivity index (χ0v) is 14.7. The second-order valence-electron chi connectivity index (χ2n) is 5.11. The number of urea groups is 1. The van der Waals surface area contributed by atoms with Crippen LogP contribution in [0.15, 0.2) is 47.5 Å². The van der Waals surface area contributed by atoms with Crippen LogP contribution < -0.4 is 10.6 Å². The van der Waals surface area contributed by atoms with Gasteiger partial charge in [0.2, 0.25) is 0 Å². The van der Waals surface area contributed by atoms with Crippen LogP contribution in [0.3, 0.4) is 0 Å². The number of alkyl halides is 3. The summed E-state index contributed by atoms with van der Waals surface area (Å²) in [6, 6.07) is 7.89. The predicted octanol–water partition coefficient (Wildman–Crippen LogP) is 5.58. The fraction of sp³-hybridized carbons (Fsp3) is 0.0588. The first-order chi connectivity index (χ1) is 12.6. The van der Waals surface area contributed by atoms with E-state index in [1.165, 1.54) is 12.1 Å². The number of allylic oxidation sites excluding steroid dienone is 1. The summed E-state index contributed by atoms with van der Waals surface area (Å²) in [7, 11) is 0. The van der Waals surface area contributed by atoms with Crippen LogP contribution >= 0.6 is 23.2 Å². The van der Waals surface area contributed by atoms with Crippen molar-refractivity contribution >= 4 is 46.9 Å². The van der Waals surface area contributed by atoms with Gasteiger partial charge in [-0.05, 0) is 36.4 Å². The lowest BCUT2D eigenvalue weighted by Crippen LogP contribution is -2.34. The van der Waals surface area contributed by atoms with Crippen LogP contribution in [0, 0.1) is 5.82 Å². The Morgan fingerprint density at radius 2 is 1.74 bits per heavy atom. The molecule has 0 saturated heterocycles. The number of amides is 3. The molecule has 0 atom stereocenters. The van der Waals surface area contributed by atoms with Gasteiger partial charge in [0, 0.05) is 11.3 Å². The Morgan fingerprint density at radius 1 is 1.07 bits per heavy atom. The van der Waals surface area contributed by atoms with E-state index in [0.29, 0.717) is 6.08 Å². The number of anilines is 1. The molecule has 0 spiro atoms. The number of carbonyl (C=O) groups is 2. The summed E-state index contributed by atoms with van der Waals surface area (Å²) in [6.07, 6.45) is -4.45. The first-order valence-electron chi connectivity index (χ1n) is 7.18. The number of rotatable bonds is 3. The van der Waals surface area contributed by atoms with Crippen LogP contribution in [-0.4, -0.2) is 18.1 Å². The molecule has 0 aromatic heterocycles. The molecule has 0 aliphatic heterocycles. The molecular formula is C17H10Cl2F4N2O2. The highest BCUT2D eigenvalue weighted by molar-refractivity contribution is 6.34. The van der Waals surface area contributed by atoms with E-state index in [4.69, 9.17) is 23.2 Å². The van der Waals surface area contributed by atoms with E-state index in [2.05, 4.69) is 5.32 Å². The van der Waals surface area contributed by atoms with E-state index in [1.54, 1.807) is 12.1 Å². The van der Waals surface area contributed by atoms with Crippen LogP contribution in [0.2, 0.25) is 5.02 Å². The normalized spacial score (nSPS) is 11.9. The SMILES string of the molecule is O=C(NC(=O)c1ccccc1Cl)Nc1ccc(F)c(/C=C(\Cl)C(F)(F)F)c1. The lowest BCUT2D eigenvalue weighted by Gasteiger charge is -2.09. The van der Waals surface area contributed by atoms with Crippen molar-refractivity contribution in [3.05, 3.63) is 69.5 Å². The Hall–Kier alpha value is -2.58. The average Bonchev–Trinajstić information content (AvgIpc) is 2.57. The van der Waals surface area contributed by atoms with Crippen LogP contribution in [0.4, 0.5) is 28.0 Å². The van der Waals surface area contributed by atoms with E-state index in [0.717, 1.165) is 18.2 Å². The maximum atomic E-state index is 13.7. The number of carbonyl (C=O) groups excluding carboxylic acids is 2. The van der Waals surface area contributed by atoms with Crippen LogP contribution in [0.1, 0.15) is 15.9 Å². The first-order valence-corrected chi connectivity index (χ1v) is 7.94. The van der Waals surface area contributed by atoms with Crippen molar-refractivity contribution < 1.29 is 27.2 Å². The number of hydrogen-bond donors (Lipinski definition) is 2. The van der Waals surface area contributed by atoms with Gasteiger partial charge in [-0.1, -0.05) is 35.3 Å². The van der Waals surface area contributed by atoms with Crippen LogP contribution in [-0.2, 0) is 0 Å². The zero-order valence-electron chi connectivity index (χ0n) is 13.2. The third-order valence-electron chi connectivity index (χ3n) is 3.15. The summed E-state index contributed by atoms with van der Waals surface area (Å²) in [5.74, 6) is -1.77. The summed E-state index contributed by atoms with van der Waals surface area (Å²) in [4.78, 5) is 23.9. The molecular weight excluding hydrogens is 411 g/mol. The van der Waals surface area contributed by atoms with Crippen LogP contribution in [0.25, 0.3) is 6.08 Å². The minimum absolute atomic E-state index is 0.0500. The van der Waals surface area contributed by atoms with E-state index >= 15 is 0 Å². The molecule has 0 heterocycles. The molecule has 0 saturated carbocycles. The highest BCUT2D eigenvalue weighted by Gasteiger charge is 2.32. The van der Waals surface area contributed by atoms with Gasteiger partial charge in [0.05, 0.1) is 10.6 Å². The Kier molecular flexibility index (Phi) is 6.45. The lowest BCUT2D eigenvalue weighted by molar-refractivity contribution is -0.0836. The average molecular weight is 421 g/mol. The highest BCUT2D eigenvalue weighted by atomic mass is 35.5. The number of halogens is 6. The smallest absolute Gasteiger partial charge is 0.308 e. The summed E-state index contributed by atoms with van der Waals surface area (Å²) in [6.45, 7) is 0. The molecule has 142 valence electrons. The van der Waals surface area contributed by atoms with Gasteiger partial charge in [-0.2, -0.15) is 13.2 Å². The van der Waals surface area contributed by atoms with Gasteiger partial charge in [0.1, 0.15) is 10.8 Å². The summed E-state index contributed by atoms with van der Waals surface area (Å²) in [5, 5.41) is 2.80. The summed E-state index contributed by atoms with van der Waals surface area (Å²) in [5.41, 5.74) is -0.500. The first kappa shape index (κ1) is 20.7. The van der Waals surface area contributed by atoms with Crippen molar-refractivity contribution in [2.45, 2.75) is 6.18 Å². The van der Waals surface area contributed by atoms with E-state index < -0.39 is 34.5 Å². The molecule has 4 nitrogen and oxygen atoms in total. The molecule has 0 aliphatic carbocycles. The van der Waals surface area contributed by atoms with Gasteiger partial charge in [0.25, 0.3) is 5.91 Å². The molecule has 27 heavy (non-hydrogen) atoms. The summed E-state index contributed by atoms with van der Waals surface area (Å²) >= 11 is 10.9. The van der Waals surface area contributed by atoms with Crippen molar-refractivity contribution in [1.29, 1.82) is 0 Å². The van der Waals surface area contributed by atoms with E-state index in [-0.39, 0.29) is 16.3 Å². The lowest BCUT2D eigenvalue weighted by atomic mass is 10.1. The second kappa shape index (κ2) is 8.41. The molecule has 3 amide bonds. The van der Waals surface area contributed by atoms with E-state index in [9.17, 15) is 27.2 Å². The van der Waals surface area contributed by atoms with Gasteiger partial charge < -0.3 is 5.32 Å². The molecule has 2 N–H and O–H groups in total. The number of hydrogen-bond acceptors (Lipinski definition) is 2. The van der Waals surface area contributed by atoms with Crippen molar-refractivity contribution in [3.8, 4) is 0 Å². The molecule has 2 aromatic rings. The van der Waals surface area contributed by atoms with Gasteiger partial charge in [0.15, 0.2) is 0 Å². The minimum Gasteiger partial charge on any atom is -0.308 e. The Bertz CT molecular complexity index is 914. The molecule has 0 aliphatic rings. The number of nitrogens with one attached hydrogen (secondary N) is 2. The fourth-order valence-corrected chi connectivity index (χ4v) is 2.27. The molecule has 0 fully saturated rings. The Labute approximate surface area is 160 Å². The maximum absolute atomic E-state index is 13.7. The summed E-state index contributed by atoms with van der Waals surface area (Å²) < 4.78 is 51.1. The van der Waals surface area contributed by atoms with Crippen molar-refractivity contribution in [2.24, 2.45) is 0 Å². The minimum atomic E-state index is -4.84. The third kappa shape index (κ3) is 5.70. The molecule has 0 radical (unpaired) electrons. The molecule has 0 bridgehead atoms. The van der Waals surface area contributed by atoms with Gasteiger partial charge in [-0.25, -0.2) is 9.18 Å². The molecule has 2 aromatic carbocycles. The Balaban J connectivity index is 2.13. The molecule has 2 rings (SSSR count). The van der Waals surface area contributed by atoms with Gasteiger partial charge in [-0.3, -0.25) is 10.1 Å². The number of benzene rings is 2. The molecule has 10 heteroatoms. The van der Waals surface area contributed by atoms with Gasteiger partial charge in [-0.15, -0.1) is 0 Å².